The molecule has 0 spiro atoms. The van der Waals surface area contributed by atoms with Crippen molar-refractivity contribution in [3.63, 3.8) is 0 Å². The average Bonchev–Trinajstić information content (AvgIpc) is 3.43. The van der Waals surface area contributed by atoms with Gasteiger partial charge in [-0.2, -0.15) is 0 Å². The van der Waals surface area contributed by atoms with Crippen molar-refractivity contribution in [2.45, 2.75) is 18.2 Å². The van der Waals surface area contributed by atoms with Gasteiger partial charge in [0.15, 0.2) is 0 Å². The number of allylic oxidation sites excluding steroid dienone is 2. The summed E-state index contributed by atoms with van der Waals surface area (Å²) in [6.07, 6.45) is -1.74. The highest BCUT2D eigenvalue weighted by Crippen LogP contribution is 2.57. The van der Waals surface area contributed by atoms with Crippen molar-refractivity contribution in [3.8, 4) is 11.1 Å². The van der Waals surface area contributed by atoms with Crippen molar-refractivity contribution >= 4 is 11.1 Å². The monoisotopic (exact) mass is 449 g/mol. The van der Waals surface area contributed by atoms with Gasteiger partial charge >= 0.3 is 0 Å². The Labute approximate surface area is 211 Å². The predicted octanol–water partition coefficient (Wildman–Crippen LogP) is 8.75. The van der Waals surface area contributed by atoms with E-state index in [1.165, 1.54) is 0 Å². The molecule has 0 heteroatoms. The second-order valence-electron chi connectivity index (χ2n) is 9.17. The molecule has 0 aromatic heterocycles. The van der Waals surface area contributed by atoms with Gasteiger partial charge in [-0.1, -0.05) is 133 Å². The van der Waals surface area contributed by atoms with Gasteiger partial charge in [-0.05, 0) is 62.0 Å². The molecule has 0 saturated carbocycles. The van der Waals surface area contributed by atoms with Crippen molar-refractivity contribution < 1.29 is 4.11 Å². The summed E-state index contributed by atoms with van der Waals surface area (Å²) in [4.78, 5) is 0. The first-order valence-electron chi connectivity index (χ1n) is 13.7. The fourth-order valence-electron chi connectivity index (χ4n) is 5.78. The molecular formula is C35H26. The third-order valence-electron chi connectivity index (χ3n) is 7.25. The van der Waals surface area contributed by atoms with Crippen molar-refractivity contribution in [3.05, 3.63) is 167 Å². The molecular weight excluding hydrogens is 420 g/mol. The standard InChI is InChI=1S/C35H26/c1-3-13-24(14-4-1)32-23-26-17-7-8-18-27(26)34(32)33(25-15-5-2-6-16-25)35-30-21-11-9-19-28(30)29-20-10-12-22-31(29)35/h1-22,33,35H,23H2/i23D2,33D. The molecule has 0 radical (unpaired) electrons. The topological polar surface area (TPSA) is 0 Å². The highest BCUT2D eigenvalue weighted by molar-refractivity contribution is 6.00. The molecule has 0 saturated heterocycles. The summed E-state index contributed by atoms with van der Waals surface area (Å²) in [6.45, 7) is 0. The number of rotatable bonds is 4. The molecule has 166 valence electrons. The molecule has 1 unspecified atom stereocenters. The van der Waals surface area contributed by atoms with Crippen LogP contribution in [0.5, 0.6) is 0 Å². The molecule has 0 aliphatic heterocycles. The minimum atomic E-state index is -1.74. The molecule has 7 rings (SSSR count). The Hall–Kier alpha value is -4.16. The maximum Gasteiger partial charge on any atom is 0.0412 e. The highest BCUT2D eigenvalue weighted by Gasteiger charge is 2.40. The number of benzene rings is 5. The van der Waals surface area contributed by atoms with Gasteiger partial charge in [0.25, 0.3) is 0 Å². The van der Waals surface area contributed by atoms with E-state index >= 15 is 0 Å². The molecule has 1 atom stereocenters. The Morgan fingerprint density at radius 2 is 1.09 bits per heavy atom. The predicted molar refractivity (Wildman–Crippen MR) is 146 cm³/mol. The van der Waals surface area contributed by atoms with E-state index in [0.29, 0.717) is 11.1 Å². The lowest BCUT2D eigenvalue weighted by atomic mass is 9.73. The first-order chi connectivity index (χ1) is 18.5. The van der Waals surface area contributed by atoms with Crippen LogP contribution < -0.4 is 0 Å². The largest absolute Gasteiger partial charge is 0.0622 e. The molecule has 0 N–H and O–H groups in total. The number of hydrogen-bond donors (Lipinski definition) is 0. The summed E-state index contributed by atoms with van der Waals surface area (Å²) < 4.78 is 29.5. The van der Waals surface area contributed by atoms with E-state index in [1.54, 1.807) is 0 Å². The van der Waals surface area contributed by atoms with Crippen LogP contribution in [-0.4, -0.2) is 0 Å². The van der Waals surface area contributed by atoms with Crippen LogP contribution in [0.25, 0.3) is 22.3 Å². The smallest absolute Gasteiger partial charge is 0.0412 e. The van der Waals surface area contributed by atoms with Crippen LogP contribution >= 0.6 is 0 Å². The lowest BCUT2D eigenvalue weighted by Crippen LogP contribution is -2.13. The second-order valence-corrected chi connectivity index (χ2v) is 9.17. The maximum absolute atomic E-state index is 10.7. The van der Waals surface area contributed by atoms with Gasteiger partial charge in [0.1, 0.15) is 0 Å². The fourth-order valence-corrected chi connectivity index (χ4v) is 5.78. The quantitative estimate of drug-likeness (QED) is 0.257. The molecule has 0 amide bonds. The van der Waals surface area contributed by atoms with Crippen LogP contribution in [0.2, 0.25) is 0 Å². The van der Waals surface area contributed by atoms with Crippen molar-refractivity contribution in [1.82, 2.24) is 0 Å². The first kappa shape index (κ1) is 17.3. The highest BCUT2D eigenvalue weighted by atomic mass is 14.4. The van der Waals surface area contributed by atoms with Gasteiger partial charge in [-0.25, -0.2) is 0 Å². The molecule has 0 heterocycles. The van der Waals surface area contributed by atoms with Crippen LogP contribution in [0.4, 0.5) is 0 Å². The normalized spacial score (nSPS) is 18.6. The first-order valence-corrected chi connectivity index (χ1v) is 12.2. The van der Waals surface area contributed by atoms with Crippen molar-refractivity contribution in [1.29, 1.82) is 0 Å². The van der Waals surface area contributed by atoms with E-state index < -0.39 is 12.3 Å². The third kappa shape index (κ3) is 3.21. The van der Waals surface area contributed by atoms with Crippen molar-refractivity contribution in [2.24, 2.45) is 0 Å². The van der Waals surface area contributed by atoms with Crippen LogP contribution in [0.3, 0.4) is 0 Å². The SMILES string of the molecule is [2H]C1([2H])C(c2ccccc2)=C(C([2H])(c2ccccc2)C2c3ccccc3-c3ccccc32)c2ccccc21. The number of fused-ring (bicyclic) bond motifs is 4. The van der Waals surface area contributed by atoms with Gasteiger partial charge in [-0.15, -0.1) is 0 Å². The van der Waals surface area contributed by atoms with Gasteiger partial charge < -0.3 is 0 Å². The molecule has 5 aromatic carbocycles. The Morgan fingerprint density at radius 1 is 0.571 bits per heavy atom. The van der Waals surface area contributed by atoms with Crippen molar-refractivity contribution in [2.75, 3.05) is 0 Å². The summed E-state index contributed by atoms with van der Waals surface area (Å²) >= 11 is 0. The molecule has 0 nitrogen and oxygen atoms in total. The Balaban J connectivity index is 1.64. The summed E-state index contributed by atoms with van der Waals surface area (Å²) in [6, 6.07) is 44.4. The molecule has 0 fully saturated rings. The summed E-state index contributed by atoms with van der Waals surface area (Å²) in [5.41, 5.74) is 8.96. The Bertz CT molecular complexity index is 1660. The van der Waals surface area contributed by atoms with E-state index in [1.807, 2.05) is 84.9 Å². The molecule has 0 bridgehead atoms. The zero-order chi connectivity index (χ0) is 25.9. The second kappa shape index (κ2) is 8.25. The van der Waals surface area contributed by atoms with E-state index in [2.05, 4.69) is 48.5 Å². The lowest BCUT2D eigenvalue weighted by Gasteiger charge is -2.30. The van der Waals surface area contributed by atoms with Gasteiger partial charge in [0.2, 0.25) is 0 Å². The minimum absolute atomic E-state index is 0.312. The van der Waals surface area contributed by atoms with Crippen LogP contribution in [0.15, 0.2) is 133 Å². The zero-order valence-electron chi connectivity index (χ0n) is 22.3. The van der Waals surface area contributed by atoms with E-state index in [0.717, 1.165) is 44.5 Å². The molecule has 2 aliphatic carbocycles. The van der Waals surface area contributed by atoms with Gasteiger partial charge in [0.05, 0.1) is 0 Å². The van der Waals surface area contributed by atoms with Crippen LogP contribution in [0.1, 0.15) is 49.3 Å². The van der Waals surface area contributed by atoms with Crippen LogP contribution in [0, 0.1) is 0 Å². The van der Waals surface area contributed by atoms with E-state index in [-0.39, 0.29) is 5.92 Å². The zero-order valence-corrected chi connectivity index (χ0v) is 19.3. The minimum Gasteiger partial charge on any atom is -0.0622 e. The third-order valence-corrected chi connectivity index (χ3v) is 7.25. The summed E-state index contributed by atoms with van der Waals surface area (Å²) in [7, 11) is 0. The van der Waals surface area contributed by atoms with Gasteiger partial charge in [-0.3, -0.25) is 0 Å². The Morgan fingerprint density at radius 3 is 1.74 bits per heavy atom. The summed E-state index contributed by atoms with van der Waals surface area (Å²) in [5.74, 6) is -1.61. The fraction of sp³-hybridized carbons (Fsp3) is 0.0857. The van der Waals surface area contributed by atoms with Gasteiger partial charge in [0, 0.05) is 15.9 Å². The van der Waals surface area contributed by atoms with Crippen LogP contribution in [-0.2, 0) is 6.37 Å². The molecule has 5 aromatic rings. The summed E-state index contributed by atoms with van der Waals surface area (Å²) in [5, 5.41) is 0. The molecule has 2 aliphatic rings. The lowest BCUT2D eigenvalue weighted by molar-refractivity contribution is 0.748. The maximum atomic E-state index is 10.7. The number of hydrogen-bond acceptors (Lipinski definition) is 0. The average molecular weight is 450 g/mol. The van der Waals surface area contributed by atoms with E-state index in [4.69, 9.17) is 0 Å². The van der Waals surface area contributed by atoms with E-state index in [9.17, 15) is 4.11 Å². The molecule has 35 heavy (non-hydrogen) atoms. The Kier molecular flexibility index (Phi) is 4.08.